The number of unbranched alkanes of at least 4 members (excludes halogenated alkanes) is 1. The standard InChI is InChI=1S/C7H12F2/c1-3-4-5-6(2)7(8)9/h3-5H2,1-2H3. The fourth-order valence-corrected chi connectivity index (χ4v) is 0.536. The first kappa shape index (κ1) is 8.60. The summed E-state index contributed by atoms with van der Waals surface area (Å²) in [4.78, 5) is 0. The Morgan fingerprint density at radius 2 is 1.89 bits per heavy atom. The first-order valence-corrected chi connectivity index (χ1v) is 3.19. The molecule has 0 N–H and O–H groups in total. The number of hydrogen-bond donors (Lipinski definition) is 0. The third-order valence-corrected chi connectivity index (χ3v) is 1.23. The molecule has 2 heteroatoms. The van der Waals surface area contributed by atoms with Crippen LogP contribution in [0, 0.1) is 0 Å². The van der Waals surface area contributed by atoms with Gasteiger partial charge in [-0.05, 0) is 25.3 Å². The molecule has 0 radical (unpaired) electrons. The van der Waals surface area contributed by atoms with Crippen molar-refractivity contribution in [2.75, 3.05) is 0 Å². The summed E-state index contributed by atoms with van der Waals surface area (Å²) >= 11 is 0. The molecule has 54 valence electrons. The van der Waals surface area contributed by atoms with E-state index in [1.807, 2.05) is 6.92 Å². The monoisotopic (exact) mass is 134 g/mol. The van der Waals surface area contributed by atoms with Gasteiger partial charge in [0, 0.05) is 0 Å². The zero-order valence-electron chi connectivity index (χ0n) is 5.88. The van der Waals surface area contributed by atoms with Crippen molar-refractivity contribution in [2.45, 2.75) is 33.1 Å². The van der Waals surface area contributed by atoms with Crippen LogP contribution < -0.4 is 0 Å². The van der Waals surface area contributed by atoms with Crippen LogP contribution in [0.15, 0.2) is 11.7 Å². The van der Waals surface area contributed by atoms with Gasteiger partial charge in [-0.1, -0.05) is 13.3 Å². The summed E-state index contributed by atoms with van der Waals surface area (Å²) in [7, 11) is 0. The quantitative estimate of drug-likeness (QED) is 0.555. The van der Waals surface area contributed by atoms with Crippen LogP contribution in [0.3, 0.4) is 0 Å². The van der Waals surface area contributed by atoms with Crippen LogP contribution >= 0.6 is 0 Å². The predicted octanol–water partition coefficient (Wildman–Crippen LogP) is 3.35. The van der Waals surface area contributed by atoms with Gasteiger partial charge in [-0.25, -0.2) is 0 Å². The van der Waals surface area contributed by atoms with Crippen molar-refractivity contribution in [3.63, 3.8) is 0 Å². The molecule has 0 unspecified atom stereocenters. The molecule has 0 aliphatic carbocycles. The average molecular weight is 134 g/mol. The Hall–Kier alpha value is -0.400. The summed E-state index contributed by atoms with van der Waals surface area (Å²) in [5.74, 6) is 0. The fourth-order valence-electron chi connectivity index (χ4n) is 0.536. The molecule has 0 saturated heterocycles. The van der Waals surface area contributed by atoms with Gasteiger partial charge in [0.15, 0.2) is 0 Å². The second-order valence-electron chi connectivity index (χ2n) is 2.14. The number of rotatable bonds is 3. The fraction of sp³-hybridized carbons (Fsp3) is 0.714. The second-order valence-corrected chi connectivity index (χ2v) is 2.14. The van der Waals surface area contributed by atoms with Crippen molar-refractivity contribution >= 4 is 0 Å². The van der Waals surface area contributed by atoms with Crippen LogP contribution in [0.25, 0.3) is 0 Å². The molecule has 0 atom stereocenters. The van der Waals surface area contributed by atoms with Gasteiger partial charge in [-0.2, -0.15) is 8.78 Å². The van der Waals surface area contributed by atoms with E-state index < -0.39 is 6.08 Å². The molecule has 0 spiro atoms. The van der Waals surface area contributed by atoms with Crippen LogP contribution in [0.5, 0.6) is 0 Å². The number of hydrogen-bond acceptors (Lipinski definition) is 0. The Labute approximate surface area is 54.6 Å². The predicted molar refractivity (Wildman–Crippen MR) is 34.4 cm³/mol. The van der Waals surface area contributed by atoms with E-state index in [-0.39, 0.29) is 5.57 Å². The molecule has 0 nitrogen and oxygen atoms in total. The summed E-state index contributed by atoms with van der Waals surface area (Å²) in [5, 5.41) is 0. The molecule has 0 bridgehead atoms. The summed E-state index contributed by atoms with van der Waals surface area (Å²) in [5.41, 5.74) is 0.233. The van der Waals surface area contributed by atoms with Crippen LogP contribution in [0.4, 0.5) is 8.78 Å². The zero-order chi connectivity index (χ0) is 7.28. The van der Waals surface area contributed by atoms with E-state index >= 15 is 0 Å². The molecule has 0 rings (SSSR count). The largest absolute Gasteiger partial charge is 0.269 e. The van der Waals surface area contributed by atoms with Gasteiger partial charge >= 0.3 is 0 Å². The van der Waals surface area contributed by atoms with E-state index in [9.17, 15) is 8.78 Å². The summed E-state index contributed by atoms with van der Waals surface area (Å²) < 4.78 is 23.3. The number of allylic oxidation sites excluding steroid dienone is 1. The summed E-state index contributed by atoms with van der Waals surface area (Å²) in [6, 6.07) is 0. The van der Waals surface area contributed by atoms with Crippen molar-refractivity contribution in [3.8, 4) is 0 Å². The van der Waals surface area contributed by atoms with Gasteiger partial charge in [0.1, 0.15) is 0 Å². The van der Waals surface area contributed by atoms with Crippen molar-refractivity contribution in [3.05, 3.63) is 11.7 Å². The van der Waals surface area contributed by atoms with Crippen LogP contribution in [-0.4, -0.2) is 0 Å². The van der Waals surface area contributed by atoms with E-state index in [1.54, 1.807) is 0 Å². The van der Waals surface area contributed by atoms with Gasteiger partial charge in [-0.15, -0.1) is 0 Å². The third kappa shape index (κ3) is 4.13. The van der Waals surface area contributed by atoms with Gasteiger partial charge in [0.2, 0.25) is 0 Å². The van der Waals surface area contributed by atoms with E-state index in [1.165, 1.54) is 6.92 Å². The van der Waals surface area contributed by atoms with E-state index in [0.29, 0.717) is 6.42 Å². The Morgan fingerprint density at radius 3 is 2.22 bits per heavy atom. The summed E-state index contributed by atoms with van der Waals surface area (Å²) in [6.07, 6.45) is 0.871. The molecule has 0 amide bonds. The van der Waals surface area contributed by atoms with Gasteiger partial charge in [0.05, 0.1) is 0 Å². The van der Waals surface area contributed by atoms with E-state index in [4.69, 9.17) is 0 Å². The third-order valence-electron chi connectivity index (χ3n) is 1.23. The van der Waals surface area contributed by atoms with Crippen LogP contribution in [0.2, 0.25) is 0 Å². The van der Waals surface area contributed by atoms with Crippen molar-refractivity contribution in [1.29, 1.82) is 0 Å². The molecule has 9 heavy (non-hydrogen) atoms. The minimum Gasteiger partial charge on any atom is -0.173 e. The molecule has 0 fully saturated rings. The van der Waals surface area contributed by atoms with Crippen LogP contribution in [0.1, 0.15) is 33.1 Å². The Balaban J connectivity index is 3.50. The maximum absolute atomic E-state index is 11.6. The van der Waals surface area contributed by atoms with Crippen molar-refractivity contribution < 1.29 is 8.78 Å². The molecule has 0 heterocycles. The van der Waals surface area contributed by atoms with E-state index in [2.05, 4.69) is 0 Å². The van der Waals surface area contributed by atoms with Gasteiger partial charge in [-0.3, -0.25) is 0 Å². The van der Waals surface area contributed by atoms with Gasteiger partial charge in [0.25, 0.3) is 6.08 Å². The second kappa shape index (κ2) is 4.48. The van der Waals surface area contributed by atoms with E-state index in [0.717, 1.165) is 12.8 Å². The van der Waals surface area contributed by atoms with Crippen molar-refractivity contribution in [1.82, 2.24) is 0 Å². The highest BCUT2D eigenvalue weighted by Crippen LogP contribution is 2.13. The lowest BCUT2D eigenvalue weighted by Gasteiger charge is -1.94. The molecular formula is C7H12F2. The highest BCUT2D eigenvalue weighted by atomic mass is 19.3. The lowest BCUT2D eigenvalue weighted by Crippen LogP contribution is -1.77. The van der Waals surface area contributed by atoms with Gasteiger partial charge < -0.3 is 0 Å². The Morgan fingerprint density at radius 1 is 1.33 bits per heavy atom. The first-order valence-electron chi connectivity index (χ1n) is 3.19. The Bertz CT molecular complexity index is 101. The van der Waals surface area contributed by atoms with Crippen molar-refractivity contribution in [2.24, 2.45) is 0 Å². The maximum atomic E-state index is 11.6. The topological polar surface area (TPSA) is 0 Å². The molecule has 0 aliphatic rings. The zero-order valence-corrected chi connectivity index (χ0v) is 5.88. The molecule has 0 aromatic rings. The lowest BCUT2D eigenvalue weighted by atomic mass is 10.1. The SMILES string of the molecule is CCCCC(C)=C(F)F. The highest BCUT2D eigenvalue weighted by molar-refractivity contribution is 4.97. The normalized spacial score (nSPS) is 9.33. The Kier molecular flexibility index (Phi) is 4.28. The number of halogens is 2. The lowest BCUT2D eigenvalue weighted by molar-refractivity contribution is 0.407. The molecule has 0 saturated carbocycles. The highest BCUT2D eigenvalue weighted by Gasteiger charge is 1.96. The molecule has 0 aliphatic heterocycles. The minimum absolute atomic E-state index is 0.233. The minimum atomic E-state index is -1.51. The molecule has 0 aromatic heterocycles. The molecular weight excluding hydrogens is 122 g/mol. The summed E-state index contributed by atoms with van der Waals surface area (Å²) in [6.45, 7) is 3.47. The first-order chi connectivity index (χ1) is 4.18. The van der Waals surface area contributed by atoms with Crippen LogP contribution in [-0.2, 0) is 0 Å². The average Bonchev–Trinajstić information content (AvgIpc) is 1.82. The molecule has 0 aromatic carbocycles. The maximum Gasteiger partial charge on any atom is 0.269 e. The smallest absolute Gasteiger partial charge is 0.173 e.